The van der Waals surface area contributed by atoms with Crippen LogP contribution in [0, 0.1) is 0 Å². The van der Waals surface area contributed by atoms with E-state index in [0.717, 1.165) is 12.2 Å². The summed E-state index contributed by atoms with van der Waals surface area (Å²) < 4.78 is 9.94. The number of hydrogen-bond acceptors (Lipinski definition) is 5. The number of carbonyl (C=O) groups excluding carboxylic acids is 2. The van der Waals surface area contributed by atoms with Crippen molar-refractivity contribution < 1.29 is 19.1 Å². The van der Waals surface area contributed by atoms with E-state index in [0.29, 0.717) is 30.2 Å². The van der Waals surface area contributed by atoms with Gasteiger partial charge in [0, 0.05) is 18.6 Å². The molecular weight excluding hydrogens is 290 g/mol. The van der Waals surface area contributed by atoms with Crippen LogP contribution in [0.4, 0.5) is 5.69 Å². The first-order chi connectivity index (χ1) is 10.2. The quantitative estimate of drug-likeness (QED) is 0.561. The largest absolute Gasteiger partial charge is 0.462 e. The molecule has 0 aromatic heterocycles. The summed E-state index contributed by atoms with van der Waals surface area (Å²) in [6.45, 7) is 2.99. The number of nitrogens with one attached hydrogen (secondary N) is 1. The van der Waals surface area contributed by atoms with Gasteiger partial charge in [0.25, 0.3) is 0 Å². The first-order valence-corrected chi connectivity index (χ1v) is 7.96. The molecule has 5 nitrogen and oxygen atoms in total. The van der Waals surface area contributed by atoms with Crippen molar-refractivity contribution >= 4 is 29.3 Å². The van der Waals surface area contributed by atoms with Gasteiger partial charge in [0.2, 0.25) is 5.91 Å². The van der Waals surface area contributed by atoms with E-state index in [1.54, 1.807) is 31.4 Å². The van der Waals surface area contributed by atoms with Crippen molar-refractivity contribution in [2.75, 3.05) is 37.1 Å². The van der Waals surface area contributed by atoms with E-state index >= 15 is 0 Å². The fourth-order valence-corrected chi connectivity index (χ4v) is 2.16. The number of ether oxygens (including phenoxy) is 2. The van der Waals surface area contributed by atoms with E-state index in [1.165, 1.54) is 11.8 Å². The number of anilines is 1. The Morgan fingerprint density at radius 3 is 2.52 bits per heavy atom. The molecule has 0 fully saturated rings. The smallest absolute Gasteiger partial charge is 0.338 e. The fourth-order valence-electron chi connectivity index (χ4n) is 1.47. The van der Waals surface area contributed by atoms with Crippen LogP contribution in [0.25, 0.3) is 0 Å². The molecule has 6 heteroatoms. The third kappa shape index (κ3) is 7.15. The van der Waals surface area contributed by atoms with Crippen molar-refractivity contribution in [3.8, 4) is 0 Å². The van der Waals surface area contributed by atoms with Gasteiger partial charge in [0.1, 0.15) is 0 Å². The maximum absolute atomic E-state index is 11.7. The molecule has 0 spiro atoms. The third-order valence-corrected chi connectivity index (χ3v) is 3.43. The Kier molecular flexibility index (Phi) is 8.54. The fraction of sp³-hybridized carbons (Fsp3) is 0.467. The molecular formula is C15H21NO4S. The topological polar surface area (TPSA) is 64.6 Å². The van der Waals surface area contributed by atoms with Gasteiger partial charge in [-0.05, 0) is 30.7 Å². The molecule has 0 aliphatic heterocycles. The van der Waals surface area contributed by atoms with Crippen LogP contribution in [-0.2, 0) is 14.3 Å². The normalized spacial score (nSPS) is 10.2. The van der Waals surface area contributed by atoms with Crippen LogP contribution >= 0.6 is 11.8 Å². The zero-order valence-electron chi connectivity index (χ0n) is 12.4. The number of esters is 1. The van der Waals surface area contributed by atoms with Gasteiger partial charge < -0.3 is 14.8 Å². The Bertz CT molecular complexity index is 447. The molecule has 1 aromatic rings. The van der Waals surface area contributed by atoms with Crippen LogP contribution in [0.3, 0.4) is 0 Å². The Morgan fingerprint density at radius 1 is 1.19 bits per heavy atom. The maximum Gasteiger partial charge on any atom is 0.338 e. The number of benzene rings is 1. The zero-order chi connectivity index (χ0) is 15.5. The third-order valence-electron chi connectivity index (χ3n) is 2.51. The lowest BCUT2D eigenvalue weighted by molar-refractivity contribution is -0.113. The molecule has 0 aliphatic rings. The van der Waals surface area contributed by atoms with E-state index in [2.05, 4.69) is 5.32 Å². The van der Waals surface area contributed by atoms with Crippen molar-refractivity contribution in [3.63, 3.8) is 0 Å². The zero-order valence-corrected chi connectivity index (χ0v) is 13.2. The molecule has 0 saturated heterocycles. The molecule has 1 N–H and O–H groups in total. The number of rotatable bonds is 9. The first kappa shape index (κ1) is 17.5. The summed E-state index contributed by atoms with van der Waals surface area (Å²) in [5.41, 5.74) is 1.15. The minimum Gasteiger partial charge on any atom is -0.462 e. The Labute approximate surface area is 129 Å². The average molecular weight is 311 g/mol. The summed E-state index contributed by atoms with van der Waals surface area (Å²) >= 11 is 1.51. The van der Waals surface area contributed by atoms with Gasteiger partial charge in [0.15, 0.2) is 0 Å². The van der Waals surface area contributed by atoms with Crippen LogP contribution in [0.5, 0.6) is 0 Å². The van der Waals surface area contributed by atoms with Gasteiger partial charge in [-0.2, -0.15) is 0 Å². The second-order valence-corrected chi connectivity index (χ2v) is 5.41. The Morgan fingerprint density at radius 2 is 1.90 bits per heavy atom. The van der Waals surface area contributed by atoms with Gasteiger partial charge >= 0.3 is 5.97 Å². The molecule has 1 amide bonds. The molecule has 0 unspecified atom stereocenters. The second-order valence-electron chi connectivity index (χ2n) is 4.31. The molecule has 0 heterocycles. The van der Waals surface area contributed by atoms with Crippen molar-refractivity contribution in [3.05, 3.63) is 29.8 Å². The number of methoxy groups -OCH3 is 1. The SMILES string of the molecule is CCCOC(=O)c1ccc(NC(=O)CSCCOC)cc1. The van der Waals surface area contributed by atoms with Crippen LogP contribution < -0.4 is 5.32 Å². The van der Waals surface area contributed by atoms with Gasteiger partial charge in [0.05, 0.1) is 24.5 Å². The predicted octanol–water partition coefficient (Wildman–Crippen LogP) is 2.57. The molecule has 0 saturated carbocycles. The van der Waals surface area contributed by atoms with Crippen molar-refractivity contribution in [1.82, 2.24) is 0 Å². The van der Waals surface area contributed by atoms with Gasteiger partial charge in [-0.15, -0.1) is 11.8 Å². The van der Waals surface area contributed by atoms with E-state index in [1.807, 2.05) is 6.92 Å². The molecule has 0 radical (unpaired) electrons. The first-order valence-electron chi connectivity index (χ1n) is 6.81. The van der Waals surface area contributed by atoms with E-state index in [4.69, 9.17) is 9.47 Å². The molecule has 1 aromatic carbocycles. The van der Waals surface area contributed by atoms with Crippen molar-refractivity contribution in [2.24, 2.45) is 0 Å². The molecule has 0 atom stereocenters. The molecule has 0 bridgehead atoms. The summed E-state index contributed by atoms with van der Waals surface area (Å²) in [6.07, 6.45) is 0.792. The lowest BCUT2D eigenvalue weighted by Crippen LogP contribution is -2.15. The summed E-state index contributed by atoms with van der Waals surface area (Å²) in [6, 6.07) is 6.68. The molecule has 0 aliphatic carbocycles. The molecule has 116 valence electrons. The highest BCUT2D eigenvalue weighted by Crippen LogP contribution is 2.11. The number of thioether (sulfide) groups is 1. The van der Waals surface area contributed by atoms with Crippen LogP contribution in [0.15, 0.2) is 24.3 Å². The highest BCUT2D eigenvalue weighted by molar-refractivity contribution is 7.99. The highest BCUT2D eigenvalue weighted by Gasteiger charge is 2.07. The number of amides is 1. The van der Waals surface area contributed by atoms with Gasteiger partial charge in [-0.1, -0.05) is 6.92 Å². The van der Waals surface area contributed by atoms with Crippen molar-refractivity contribution in [2.45, 2.75) is 13.3 Å². The summed E-state index contributed by atoms with van der Waals surface area (Å²) in [7, 11) is 1.63. The van der Waals surface area contributed by atoms with Crippen LogP contribution in [-0.4, -0.2) is 43.7 Å². The summed E-state index contributed by atoms with van der Waals surface area (Å²) in [5, 5.41) is 2.78. The second kappa shape index (κ2) is 10.2. The Hall–Kier alpha value is -1.53. The predicted molar refractivity (Wildman–Crippen MR) is 84.8 cm³/mol. The minimum atomic E-state index is -0.343. The van der Waals surface area contributed by atoms with Crippen molar-refractivity contribution in [1.29, 1.82) is 0 Å². The van der Waals surface area contributed by atoms with E-state index < -0.39 is 0 Å². The number of carbonyl (C=O) groups is 2. The monoisotopic (exact) mass is 311 g/mol. The lowest BCUT2D eigenvalue weighted by atomic mass is 10.2. The highest BCUT2D eigenvalue weighted by atomic mass is 32.2. The molecule has 1 rings (SSSR count). The summed E-state index contributed by atoms with van der Waals surface area (Å²) in [5.74, 6) is 0.748. The standard InChI is InChI=1S/C15H21NO4S/c1-3-8-20-15(18)12-4-6-13(7-5-12)16-14(17)11-21-10-9-19-2/h4-7H,3,8-11H2,1-2H3,(H,16,17). The summed E-state index contributed by atoms with van der Waals surface area (Å²) in [4.78, 5) is 23.3. The van der Waals surface area contributed by atoms with Crippen LogP contribution in [0.1, 0.15) is 23.7 Å². The lowest BCUT2D eigenvalue weighted by Gasteiger charge is -2.07. The average Bonchev–Trinajstić information content (AvgIpc) is 2.50. The maximum atomic E-state index is 11.7. The van der Waals surface area contributed by atoms with Gasteiger partial charge in [-0.25, -0.2) is 4.79 Å². The van der Waals surface area contributed by atoms with E-state index in [9.17, 15) is 9.59 Å². The number of hydrogen-bond donors (Lipinski definition) is 1. The molecule has 21 heavy (non-hydrogen) atoms. The Balaban J connectivity index is 2.39. The van der Waals surface area contributed by atoms with E-state index in [-0.39, 0.29) is 11.9 Å². The van der Waals surface area contributed by atoms with Crippen LogP contribution in [0.2, 0.25) is 0 Å². The minimum absolute atomic E-state index is 0.0718. The van der Waals surface area contributed by atoms with Gasteiger partial charge in [-0.3, -0.25) is 4.79 Å².